The second-order valence-corrected chi connectivity index (χ2v) is 5.35. The molecule has 3 aromatic carbocycles. The Balaban J connectivity index is 1.68. The number of nitrogens with one attached hydrogen (secondary N) is 1. The fourth-order valence-corrected chi connectivity index (χ4v) is 2.38. The molecule has 4 heteroatoms. The minimum atomic E-state index is -0.498. The van der Waals surface area contributed by atoms with Crippen LogP contribution in [0.3, 0.4) is 0 Å². The van der Waals surface area contributed by atoms with Crippen LogP contribution in [0.1, 0.15) is 5.56 Å². The summed E-state index contributed by atoms with van der Waals surface area (Å²) < 4.78 is 5.23. The zero-order valence-electron chi connectivity index (χ0n) is 13.1. The lowest BCUT2D eigenvalue weighted by Crippen LogP contribution is -2.13. The summed E-state index contributed by atoms with van der Waals surface area (Å²) in [4.78, 5) is 12.0. The van der Waals surface area contributed by atoms with E-state index in [2.05, 4.69) is 5.32 Å². The number of ether oxygens (including phenoxy) is 1. The Kier molecular flexibility index (Phi) is 4.77. The van der Waals surface area contributed by atoms with Crippen LogP contribution >= 0.6 is 0 Å². The molecule has 0 fully saturated rings. The maximum Gasteiger partial charge on any atom is 0.411 e. The van der Waals surface area contributed by atoms with Gasteiger partial charge in [-0.25, -0.2) is 4.79 Å². The Morgan fingerprint density at radius 2 is 1.58 bits per heavy atom. The zero-order valence-corrected chi connectivity index (χ0v) is 13.1. The molecule has 3 aromatic rings. The van der Waals surface area contributed by atoms with E-state index < -0.39 is 6.09 Å². The van der Waals surface area contributed by atoms with Crippen LogP contribution in [0.25, 0.3) is 11.1 Å². The number of benzene rings is 3. The minimum absolute atomic E-state index is 0.229. The van der Waals surface area contributed by atoms with Crippen molar-refractivity contribution in [2.24, 2.45) is 0 Å². The van der Waals surface area contributed by atoms with Crippen molar-refractivity contribution >= 4 is 17.5 Å². The monoisotopic (exact) mass is 318 g/mol. The Hall–Kier alpha value is -3.27. The van der Waals surface area contributed by atoms with Crippen molar-refractivity contribution in [1.82, 2.24) is 0 Å². The largest absolute Gasteiger partial charge is 0.444 e. The van der Waals surface area contributed by atoms with E-state index in [0.29, 0.717) is 11.4 Å². The van der Waals surface area contributed by atoms with Gasteiger partial charge in [0.1, 0.15) is 6.61 Å². The van der Waals surface area contributed by atoms with E-state index in [4.69, 9.17) is 10.5 Å². The topological polar surface area (TPSA) is 64.3 Å². The molecule has 3 rings (SSSR count). The third kappa shape index (κ3) is 3.93. The molecule has 0 aliphatic rings. The number of carbonyl (C=O) groups excluding carboxylic acids is 1. The zero-order chi connectivity index (χ0) is 16.8. The molecule has 0 radical (unpaired) electrons. The quantitative estimate of drug-likeness (QED) is 0.686. The van der Waals surface area contributed by atoms with Crippen molar-refractivity contribution in [2.75, 3.05) is 11.1 Å². The predicted molar refractivity (Wildman–Crippen MR) is 96.5 cm³/mol. The summed E-state index contributed by atoms with van der Waals surface area (Å²) in [6.07, 6.45) is -0.498. The van der Waals surface area contributed by atoms with E-state index in [0.717, 1.165) is 16.7 Å². The first kappa shape index (κ1) is 15.6. The molecule has 0 aliphatic heterocycles. The Labute approximate surface area is 140 Å². The molecule has 120 valence electrons. The number of rotatable bonds is 4. The summed E-state index contributed by atoms with van der Waals surface area (Å²) in [5.41, 5.74) is 10.1. The number of nitrogens with two attached hydrogens (primary N) is 1. The summed E-state index contributed by atoms with van der Waals surface area (Å²) in [5, 5.41) is 2.73. The lowest BCUT2D eigenvalue weighted by molar-refractivity contribution is 0.155. The van der Waals surface area contributed by atoms with Crippen LogP contribution in [0.4, 0.5) is 16.2 Å². The van der Waals surface area contributed by atoms with Crippen LogP contribution in [-0.2, 0) is 11.3 Å². The molecule has 0 heterocycles. The van der Waals surface area contributed by atoms with Crippen LogP contribution in [0.5, 0.6) is 0 Å². The van der Waals surface area contributed by atoms with Gasteiger partial charge in [-0.15, -0.1) is 0 Å². The van der Waals surface area contributed by atoms with E-state index >= 15 is 0 Å². The van der Waals surface area contributed by atoms with Crippen LogP contribution in [0, 0.1) is 0 Å². The maximum atomic E-state index is 12.0. The summed E-state index contributed by atoms with van der Waals surface area (Å²) in [5.74, 6) is 0. The van der Waals surface area contributed by atoms with Gasteiger partial charge >= 0.3 is 6.09 Å². The summed E-state index contributed by atoms with van der Waals surface area (Å²) in [6.45, 7) is 0.229. The van der Waals surface area contributed by atoms with Gasteiger partial charge < -0.3 is 10.5 Å². The molecule has 4 nitrogen and oxygen atoms in total. The van der Waals surface area contributed by atoms with Gasteiger partial charge in [0.15, 0.2) is 0 Å². The third-order valence-electron chi connectivity index (χ3n) is 3.60. The minimum Gasteiger partial charge on any atom is -0.444 e. The van der Waals surface area contributed by atoms with Crippen molar-refractivity contribution in [2.45, 2.75) is 6.61 Å². The normalized spacial score (nSPS) is 10.2. The molecule has 0 unspecified atom stereocenters. The van der Waals surface area contributed by atoms with Crippen molar-refractivity contribution in [1.29, 1.82) is 0 Å². The van der Waals surface area contributed by atoms with Crippen LogP contribution in [0.2, 0.25) is 0 Å². The number of carbonyl (C=O) groups is 1. The van der Waals surface area contributed by atoms with Gasteiger partial charge in [-0.05, 0) is 29.3 Å². The first-order valence-corrected chi connectivity index (χ1v) is 7.65. The van der Waals surface area contributed by atoms with E-state index in [9.17, 15) is 4.79 Å². The highest BCUT2D eigenvalue weighted by Gasteiger charge is 2.07. The Morgan fingerprint density at radius 3 is 2.29 bits per heavy atom. The van der Waals surface area contributed by atoms with Crippen LogP contribution < -0.4 is 11.1 Å². The number of amides is 1. The average Bonchev–Trinajstić information content (AvgIpc) is 2.63. The van der Waals surface area contributed by atoms with Crippen molar-refractivity contribution in [3.05, 3.63) is 84.4 Å². The molecule has 1 amide bonds. The van der Waals surface area contributed by atoms with E-state index in [1.54, 1.807) is 12.1 Å². The first-order chi connectivity index (χ1) is 11.7. The van der Waals surface area contributed by atoms with E-state index in [1.807, 2.05) is 66.7 Å². The SMILES string of the molecule is Nc1ccc(NC(=O)OCc2ccccc2)cc1-c1ccccc1. The molecule has 0 saturated carbocycles. The van der Waals surface area contributed by atoms with Gasteiger partial charge in [0.2, 0.25) is 0 Å². The second kappa shape index (κ2) is 7.33. The number of hydrogen-bond acceptors (Lipinski definition) is 3. The fourth-order valence-electron chi connectivity index (χ4n) is 2.38. The van der Waals surface area contributed by atoms with Gasteiger partial charge in [-0.2, -0.15) is 0 Å². The van der Waals surface area contributed by atoms with Crippen molar-refractivity contribution in [3.8, 4) is 11.1 Å². The fraction of sp³-hybridized carbons (Fsp3) is 0.0500. The maximum absolute atomic E-state index is 12.0. The molecule has 3 N–H and O–H groups in total. The Morgan fingerprint density at radius 1 is 0.917 bits per heavy atom. The summed E-state index contributed by atoms with van der Waals surface area (Å²) >= 11 is 0. The van der Waals surface area contributed by atoms with E-state index in [1.165, 1.54) is 0 Å². The molecular formula is C20H18N2O2. The van der Waals surface area contributed by atoms with Crippen LogP contribution in [0.15, 0.2) is 78.9 Å². The van der Waals surface area contributed by atoms with Gasteiger partial charge in [-0.3, -0.25) is 5.32 Å². The highest BCUT2D eigenvalue weighted by Crippen LogP contribution is 2.28. The van der Waals surface area contributed by atoms with Crippen molar-refractivity contribution < 1.29 is 9.53 Å². The van der Waals surface area contributed by atoms with E-state index in [-0.39, 0.29) is 6.61 Å². The molecule has 0 aromatic heterocycles. The highest BCUT2D eigenvalue weighted by molar-refractivity contribution is 5.88. The summed E-state index contributed by atoms with van der Waals surface area (Å²) in [6, 6.07) is 24.7. The van der Waals surface area contributed by atoms with Gasteiger partial charge in [0, 0.05) is 16.9 Å². The molecular weight excluding hydrogens is 300 g/mol. The van der Waals surface area contributed by atoms with Gasteiger partial charge in [0.05, 0.1) is 0 Å². The lowest BCUT2D eigenvalue weighted by atomic mass is 10.0. The number of nitrogen functional groups attached to an aromatic ring is 1. The van der Waals surface area contributed by atoms with Gasteiger partial charge in [-0.1, -0.05) is 60.7 Å². The second-order valence-electron chi connectivity index (χ2n) is 5.35. The van der Waals surface area contributed by atoms with Crippen molar-refractivity contribution in [3.63, 3.8) is 0 Å². The van der Waals surface area contributed by atoms with Crippen LogP contribution in [-0.4, -0.2) is 6.09 Å². The molecule has 0 saturated heterocycles. The highest BCUT2D eigenvalue weighted by atomic mass is 16.5. The lowest BCUT2D eigenvalue weighted by Gasteiger charge is -2.11. The Bertz CT molecular complexity index is 818. The average molecular weight is 318 g/mol. The third-order valence-corrected chi connectivity index (χ3v) is 3.60. The standard InChI is InChI=1S/C20H18N2O2/c21-19-12-11-17(13-18(19)16-9-5-2-6-10-16)22-20(23)24-14-15-7-3-1-4-8-15/h1-13H,14,21H2,(H,22,23). The van der Waals surface area contributed by atoms with Gasteiger partial charge in [0.25, 0.3) is 0 Å². The molecule has 24 heavy (non-hydrogen) atoms. The predicted octanol–water partition coefficient (Wildman–Crippen LogP) is 4.68. The number of anilines is 2. The first-order valence-electron chi connectivity index (χ1n) is 7.65. The molecule has 0 atom stereocenters. The number of hydrogen-bond donors (Lipinski definition) is 2. The smallest absolute Gasteiger partial charge is 0.411 e. The molecule has 0 spiro atoms. The summed E-state index contributed by atoms with van der Waals surface area (Å²) in [7, 11) is 0. The molecule has 0 aliphatic carbocycles. The molecule has 0 bridgehead atoms.